The Kier molecular flexibility index (Phi) is 6.84. The smallest absolute Gasteiger partial charge is 0.313 e. The average Bonchev–Trinajstić information content (AvgIpc) is 3.56. The Hall–Kier alpha value is -3.45. The molecule has 1 aliphatic carbocycles. The first-order valence-corrected chi connectivity index (χ1v) is 11.5. The van der Waals surface area contributed by atoms with Gasteiger partial charge in [-0.15, -0.1) is 0 Å². The molecule has 2 N–H and O–H groups in total. The van der Waals surface area contributed by atoms with Crippen LogP contribution in [0.4, 0.5) is 0 Å². The molecule has 0 saturated heterocycles. The number of aromatic nitrogens is 1. The maximum absolute atomic E-state index is 12.8. The van der Waals surface area contributed by atoms with E-state index in [-0.39, 0.29) is 5.92 Å². The quantitative estimate of drug-likeness (QED) is 0.278. The predicted molar refractivity (Wildman–Crippen MR) is 127 cm³/mol. The largest absolute Gasteiger partial charge is 0.489 e. The molecule has 1 aliphatic rings. The van der Waals surface area contributed by atoms with Crippen LogP contribution >= 0.6 is 0 Å². The van der Waals surface area contributed by atoms with E-state index in [1.54, 1.807) is 5.48 Å². The van der Waals surface area contributed by atoms with Gasteiger partial charge in [-0.05, 0) is 55.5 Å². The van der Waals surface area contributed by atoms with Gasteiger partial charge in [-0.3, -0.25) is 19.8 Å². The van der Waals surface area contributed by atoms with Crippen molar-refractivity contribution in [3.8, 4) is 5.75 Å². The molecule has 0 radical (unpaired) electrons. The van der Waals surface area contributed by atoms with E-state index in [9.17, 15) is 9.59 Å². The number of esters is 1. The third kappa shape index (κ3) is 5.04. The van der Waals surface area contributed by atoms with Crippen molar-refractivity contribution < 1.29 is 24.3 Å². The third-order valence-electron chi connectivity index (χ3n) is 6.22. The van der Waals surface area contributed by atoms with E-state index < -0.39 is 23.2 Å². The zero-order valence-electron chi connectivity index (χ0n) is 19.7. The zero-order chi connectivity index (χ0) is 24.3. The Morgan fingerprint density at radius 1 is 1.18 bits per heavy atom. The van der Waals surface area contributed by atoms with Crippen LogP contribution in [0.3, 0.4) is 0 Å². The number of rotatable bonds is 9. The highest BCUT2D eigenvalue weighted by Crippen LogP contribution is 2.56. The number of hydrogen-bond donors (Lipinski definition) is 2. The third-order valence-corrected chi connectivity index (χ3v) is 6.22. The lowest BCUT2D eigenvalue weighted by Crippen LogP contribution is -2.31. The molecule has 0 aliphatic heterocycles. The maximum atomic E-state index is 12.8. The van der Waals surface area contributed by atoms with Crippen LogP contribution in [0.15, 0.2) is 54.6 Å². The number of aryl methyl sites for hydroxylation is 1. The molecule has 0 bridgehead atoms. The van der Waals surface area contributed by atoms with Crippen LogP contribution in [0.5, 0.6) is 5.75 Å². The standard InChI is InChI=1S/C27H30N2O5/c1-17(2)15-34-26(31)27(14-23(27)25(30)29-32)13-19-8-10-21(11-9-19)33-16-20-12-18(3)28-24-7-5-4-6-22(20)24/h4-12,17,23,32H,13-16H2,1-3H3,(H,29,30). The van der Waals surface area contributed by atoms with Gasteiger partial charge in [0.05, 0.1) is 23.5 Å². The van der Waals surface area contributed by atoms with Gasteiger partial charge in [0.1, 0.15) is 12.4 Å². The van der Waals surface area contributed by atoms with Gasteiger partial charge >= 0.3 is 5.97 Å². The van der Waals surface area contributed by atoms with Gasteiger partial charge < -0.3 is 9.47 Å². The average molecular weight is 463 g/mol. The van der Waals surface area contributed by atoms with E-state index >= 15 is 0 Å². The van der Waals surface area contributed by atoms with Crippen LogP contribution in [0, 0.1) is 24.2 Å². The number of carbonyl (C=O) groups is 2. The minimum absolute atomic E-state index is 0.197. The first-order chi connectivity index (χ1) is 16.3. The summed E-state index contributed by atoms with van der Waals surface area (Å²) < 4.78 is 11.5. The number of para-hydroxylation sites is 1. The van der Waals surface area contributed by atoms with Crippen LogP contribution in [0.2, 0.25) is 0 Å². The highest BCUT2D eigenvalue weighted by atomic mass is 16.5. The zero-order valence-corrected chi connectivity index (χ0v) is 19.7. The Morgan fingerprint density at radius 3 is 2.62 bits per heavy atom. The van der Waals surface area contributed by atoms with E-state index in [1.807, 2.05) is 75.4 Å². The van der Waals surface area contributed by atoms with Crippen molar-refractivity contribution >= 4 is 22.8 Å². The number of hydroxylamine groups is 1. The van der Waals surface area contributed by atoms with Gasteiger partial charge in [0.2, 0.25) is 5.91 Å². The molecule has 178 valence electrons. The summed E-state index contributed by atoms with van der Waals surface area (Å²) >= 11 is 0. The fourth-order valence-electron chi connectivity index (χ4n) is 4.35. The van der Waals surface area contributed by atoms with Gasteiger partial charge in [-0.1, -0.05) is 44.2 Å². The van der Waals surface area contributed by atoms with E-state index in [1.165, 1.54) is 0 Å². The molecule has 2 aromatic carbocycles. The number of amides is 1. The summed E-state index contributed by atoms with van der Waals surface area (Å²) in [6.07, 6.45) is 0.708. The lowest BCUT2D eigenvalue weighted by Gasteiger charge is -2.17. The number of pyridine rings is 1. The van der Waals surface area contributed by atoms with Crippen molar-refractivity contribution in [3.05, 3.63) is 71.4 Å². The summed E-state index contributed by atoms with van der Waals surface area (Å²) in [5.74, 6) is -0.644. The van der Waals surface area contributed by atoms with Gasteiger partial charge in [-0.2, -0.15) is 0 Å². The van der Waals surface area contributed by atoms with Gasteiger partial charge in [0, 0.05) is 16.6 Å². The molecule has 1 amide bonds. The summed E-state index contributed by atoms with van der Waals surface area (Å²) in [6, 6.07) is 17.5. The first kappa shape index (κ1) is 23.7. The number of ether oxygens (including phenoxy) is 2. The number of hydrogen-bond acceptors (Lipinski definition) is 6. The van der Waals surface area contributed by atoms with Crippen molar-refractivity contribution in [1.29, 1.82) is 0 Å². The number of benzene rings is 2. The Balaban J connectivity index is 1.45. The van der Waals surface area contributed by atoms with E-state index in [2.05, 4.69) is 4.98 Å². The SMILES string of the molecule is Cc1cc(COc2ccc(CC3(C(=O)OCC(C)C)CC3C(=O)NO)cc2)c2ccccc2n1. The van der Waals surface area contributed by atoms with Crippen molar-refractivity contribution in [2.75, 3.05) is 6.61 Å². The molecule has 4 rings (SSSR count). The molecule has 1 saturated carbocycles. The summed E-state index contributed by atoms with van der Waals surface area (Å²) in [4.78, 5) is 29.4. The predicted octanol–water partition coefficient (Wildman–Crippen LogP) is 4.38. The summed E-state index contributed by atoms with van der Waals surface area (Å²) in [7, 11) is 0. The Labute approximate surface area is 199 Å². The second-order valence-electron chi connectivity index (χ2n) is 9.43. The van der Waals surface area contributed by atoms with Crippen LogP contribution in [-0.2, 0) is 27.4 Å². The van der Waals surface area contributed by atoms with E-state index in [0.717, 1.165) is 27.7 Å². The monoisotopic (exact) mass is 462 g/mol. The van der Waals surface area contributed by atoms with Crippen molar-refractivity contribution in [1.82, 2.24) is 10.5 Å². The minimum Gasteiger partial charge on any atom is -0.489 e. The molecule has 1 fully saturated rings. The molecule has 1 heterocycles. The van der Waals surface area contributed by atoms with E-state index in [0.29, 0.717) is 31.8 Å². The molecule has 7 nitrogen and oxygen atoms in total. The molecular formula is C27H30N2O5. The highest BCUT2D eigenvalue weighted by Gasteiger charge is 2.64. The molecular weight excluding hydrogens is 432 g/mol. The second kappa shape index (κ2) is 9.81. The normalized spacial score (nSPS) is 19.1. The van der Waals surface area contributed by atoms with Gasteiger partial charge in [-0.25, -0.2) is 5.48 Å². The maximum Gasteiger partial charge on any atom is 0.313 e. The van der Waals surface area contributed by atoms with E-state index in [4.69, 9.17) is 14.7 Å². The first-order valence-electron chi connectivity index (χ1n) is 11.5. The topological polar surface area (TPSA) is 97.8 Å². The molecule has 3 aromatic rings. The van der Waals surface area contributed by atoms with Crippen molar-refractivity contribution in [2.24, 2.45) is 17.3 Å². The number of nitrogens with zero attached hydrogens (tertiary/aromatic N) is 1. The second-order valence-corrected chi connectivity index (χ2v) is 9.43. The van der Waals surface area contributed by atoms with Crippen molar-refractivity contribution in [2.45, 2.75) is 40.2 Å². The number of carbonyl (C=O) groups excluding carboxylic acids is 2. The van der Waals surface area contributed by atoms with Gasteiger partial charge in [0.25, 0.3) is 0 Å². The lowest BCUT2D eigenvalue weighted by molar-refractivity contribution is -0.153. The molecule has 34 heavy (non-hydrogen) atoms. The molecule has 1 aromatic heterocycles. The van der Waals surface area contributed by atoms with Crippen LogP contribution in [-0.4, -0.2) is 28.7 Å². The van der Waals surface area contributed by atoms with Gasteiger partial charge in [0.15, 0.2) is 0 Å². The summed E-state index contributed by atoms with van der Waals surface area (Å²) in [5, 5.41) is 10.1. The number of fused-ring (bicyclic) bond motifs is 1. The molecule has 2 atom stereocenters. The van der Waals surface area contributed by atoms with Crippen molar-refractivity contribution in [3.63, 3.8) is 0 Å². The van der Waals surface area contributed by atoms with Crippen LogP contribution < -0.4 is 10.2 Å². The number of nitrogens with one attached hydrogen (secondary N) is 1. The fourth-order valence-corrected chi connectivity index (χ4v) is 4.35. The lowest BCUT2D eigenvalue weighted by atomic mass is 9.93. The Bertz CT molecular complexity index is 1190. The molecule has 2 unspecified atom stereocenters. The van der Waals surface area contributed by atoms with Crippen LogP contribution in [0.1, 0.15) is 37.1 Å². The molecule has 7 heteroatoms. The fraction of sp³-hybridized carbons (Fsp3) is 0.370. The summed E-state index contributed by atoms with van der Waals surface area (Å²) in [5.41, 5.74) is 4.57. The minimum atomic E-state index is -0.947. The summed E-state index contributed by atoms with van der Waals surface area (Å²) in [6.45, 7) is 6.59. The van der Waals surface area contributed by atoms with Crippen LogP contribution in [0.25, 0.3) is 10.9 Å². The highest BCUT2D eigenvalue weighted by molar-refractivity contribution is 5.93. The molecule has 0 spiro atoms. The Morgan fingerprint density at radius 2 is 1.91 bits per heavy atom.